The third kappa shape index (κ3) is 3.05. The van der Waals surface area contributed by atoms with Gasteiger partial charge in [-0.25, -0.2) is 0 Å². The molecule has 1 fully saturated rings. The number of pyridine rings is 1. The van der Waals surface area contributed by atoms with E-state index in [0.717, 1.165) is 32.4 Å². The van der Waals surface area contributed by atoms with Crippen molar-refractivity contribution in [3.8, 4) is 0 Å². The van der Waals surface area contributed by atoms with Gasteiger partial charge in [0.25, 0.3) is 0 Å². The number of rotatable bonds is 3. The van der Waals surface area contributed by atoms with E-state index in [2.05, 4.69) is 24.0 Å². The lowest BCUT2D eigenvalue weighted by Crippen LogP contribution is -2.37. The highest BCUT2D eigenvalue weighted by atomic mass is 16.2. The smallest absolute Gasteiger partial charge is 0.222 e. The number of carbonyl (C=O) groups excluding carboxylic acids is 1. The SMILES string of the molecule is CCCC(=O)N1CCC(c2ccncc2)CC1. The van der Waals surface area contributed by atoms with E-state index < -0.39 is 0 Å². The van der Waals surface area contributed by atoms with Crippen LogP contribution in [0.4, 0.5) is 0 Å². The fourth-order valence-electron chi connectivity index (χ4n) is 2.47. The fraction of sp³-hybridized carbons (Fsp3) is 0.571. The van der Waals surface area contributed by atoms with E-state index >= 15 is 0 Å². The highest BCUT2D eigenvalue weighted by molar-refractivity contribution is 5.76. The molecular formula is C14H20N2O. The Morgan fingerprint density at radius 1 is 1.35 bits per heavy atom. The van der Waals surface area contributed by atoms with Gasteiger partial charge in [-0.15, -0.1) is 0 Å². The van der Waals surface area contributed by atoms with Crippen LogP contribution in [-0.4, -0.2) is 28.9 Å². The summed E-state index contributed by atoms with van der Waals surface area (Å²) in [6.07, 6.45) is 7.51. The summed E-state index contributed by atoms with van der Waals surface area (Å²) in [7, 11) is 0. The molecule has 0 atom stereocenters. The maximum atomic E-state index is 11.8. The molecule has 1 aliphatic rings. The van der Waals surface area contributed by atoms with Gasteiger partial charge in [-0.3, -0.25) is 9.78 Å². The quantitative estimate of drug-likeness (QED) is 0.802. The maximum absolute atomic E-state index is 11.8. The number of piperidine rings is 1. The first-order chi connectivity index (χ1) is 8.31. The molecule has 2 heterocycles. The molecule has 17 heavy (non-hydrogen) atoms. The van der Waals surface area contributed by atoms with Gasteiger partial charge in [0, 0.05) is 31.9 Å². The van der Waals surface area contributed by atoms with Gasteiger partial charge in [0.1, 0.15) is 0 Å². The zero-order chi connectivity index (χ0) is 12.1. The molecule has 3 nitrogen and oxygen atoms in total. The normalized spacial score (nSPS) is 17.1. The Balaban J connectivity index is 1.88. The number of hydrogen-bond acceptors (Lipinski definition) is 2. The van der Waals surface area contributed by atoms with Crippen molar-refractivity contribution in [2.24, 2.45) is 0 Å². The largest absolute Gasteiger partial charge is 0.343 e. The van der Waals surface area contributed by atoms with E-state index in [1.807, 2.05) is 17.3 Å². The second kappa shape index (κ2) is 5.80. The minimum Gasteiger partial charge on any atom is -0.343 e. The number of aromatic nitrogens is 1. The first-order valence-corrected chi connectivity index (χ1v) is 6.49. The summed E-state index contributed by atoms with van der Waals surface area (Å²) in [6.45, 7) is 3.87. The third-order valence-electron chi connectivity index (χ3n) is 3.49. The molecule has 0 N–H and O–H groups in total. The Morgan fingerprint density at radius 2 is 2.00 bits per heavy atom. The predicted octanol–water partition coefficient (Wildman–Crippen LogP) is 2.59. The molecule has 3 heteroatoms. The topological polar surface area (TPSA) is 33.2 Å². The molecule has 1 saturated heterocycles. The molecule has 0 aliphatic carbocycles. The molecule has 0 spiro atoms. The summed E-state index contributed by atoms with van der Waals surface area (Å²) in [5, 5.41) is 0. The average molecular weight is 232 g/mol. The molecule has 1 aliphatic heterocycles. The van der Waals surface area contributed by atoms with E-state index in [-0.39, 0.29) is 0 Å². The monoisotopic (exact) mass is 232 g/mol. The summed E-state index contributed by atoms with van der Waals surface area (Å²) in [4.78, 5) is 17.8. The molecule has 0 saturated carbocycles. The standard InChI is InChI=1S/C14H20N2O/c1-2-3-14(17)16-10-6-13(7-11-16)12-4-8-15-9-5-12/h4-5,8-9,13H,2-3,6-7,10-11H2,1H3. The van der Waals surface area contributed by atoms with Gasteiger partial charge in [0.15, 0.2) is 0 Å². The number of likely N-dealkylation sites (tertiary alicyclic amines) is 1. The first-order valence-electron chi connectivity index (χ1n) is 6.49. The molecule has 1 aromatic rings. The highest BCUT2D eigenvalue weighted by Gasteiger charge is 2.22. The van der Waals surface area contributed by atoms with E-state index in [1.165, 1.54) is 5.56 Å². The van der Waals surface area contributed by atoms with Crippen LogP contribution < -0.4 is 0 Å². The van der Waals surface area contributed by atoms with Crippen molar-refractivity contribution >= 4 is 5.91 Å². The van der Waals surface area contributed by atoms with E-state index in [1.54, 1.807) is 0 Å². The van der Waals surface area contributed by atoms with Crippen LogP contribution in [0.1, 0.15) is 44.1 Å². The van der Waals surface area contributed by atoms with Crippen molar-refractivity contribution in [2.75, 3.05) is 13.1 Å². The third-order valence-corrected chi connectivity index (χ3v) is 3.49. The lowest BCUT2D eigenvalue weighted by Gasteiger charge is -2.32. The second-order valence-electron chi connectivity index (χ2n) is 4.69. The van der Waals surface area contributed by atoms with Crippen LogP contribution in [0.3, 0.4) is 0 Å². The van der Waals surface area contributed by atoms with Crippen LogP contribution in [0.5, 0.6) is 0 Å². The van der Waals surface area contributed by atoms with Gasteiger partial charge < -0.3 is 4.90 Å². The van der Waals surface area contributed by atoms with Crippen LogP contribution in [0.2, 0.25) is 0 Å². The Bertz CT molecular complexity index is 356. The summed E-state index contributed by atoms with van der Waals surface area (Å²) in [5.41, 5.74) is 1.36. The fourth-order valence-corrected chi connectivity index (χ4v) is 2.47. The number of hydrogen-bond donors (Lipinski definition) is 0. The first kappa shape index (κ1) is 12.1. The van der Waals surface area contributed by atoms with E-state index in [4.69, 9.17) is 0 Å². The van der Waals surface area contributed by atoms with Crippen LogP contribution >= 0.6 is 0 Å². The van der Waals surface area contributed by atoms with Crippen molar-refractivity contribution in [3.63, 3.8) is 0 Å². The van der Waals surface area contributed by atoms with Crippen molar-refractivity contribution < 1.29 is 4.79 Å². The Kier molecular flexibility index (Phi) is 4.13. The minimum absolute atomic E-state index is 0.320. The van der Waals surface area contributed by atoms with Crippen LogP contribution in [0.25, 0.3) is 0 Å². The van der Waals surface area contributed by atoms with Crippen molar-refractivity contribution in [3.05, 3.63) is 30.1 Å². The number of nitrogens with zero attached hydrogens (tertiary/aromatic N) is 2. The van der Waals surface area contributed by atoms with E-state index in [9.17, 15) is 4.79 Å². The second-order valence-corrected chi connectivity index (χ2v) is 4.69. The Labute approximate surface area is 103 Å². The molecule has 0 radical (unpaired) electrons. The Morgan fingerprint density at radius 3 is 2.59 bits per heavy atom. The lowest BCUT2D eigenvalue weighted by molar-refractivity contribution is -0.132. The summed E-state index contributed by atoms with van der Waals surface area (Å²) in [5.74, 6) is 0.921. The van der Waals surface area contributed by atoms with Crippen LogP contribution in [-0.2, 0) is 4.79 Å². The number of amides is 1. The van der Waals surface area contributed by atoms with Gasteiger partial charge in [-0.1, -0.05) is 6.92 Å². The van der Waals surface area contributed by atoms with Crippen molar-refractivity contribution in [2.45, 2.75) is 38.5 Å². The Hall–Kier alpha value is -1.38. The molecule has 0 aromatic carbocycles. The summed E-state index contributed by atoms with van der Waals surface area (Å²) >= 11 is 0. The molecular weight excluding hydrogens is 212 g/mol. The predicted molar refractivity (Wildman–Crippen MR) is 67.7 cm³/mol. The van der Waals surface area contributed by atoms with Crippen LogP contribution in [0.15, 0.2) is 24.5 Å². The molecule has 0 unspecified atom stereocenters. The zero-order valence-corrected chi connectivity index (χ0v) is 10.4. The summed E-state index contributed by atoms with van der Waals surface area (Å²) < 4.78 is 0. The molecule has 1 amide bonds. The molecule has 92 valence electrons. The summed E-state index contributed by atoms with van der Waals surface area (Å²) in [6, 6.07) is 4.18. The molecule has 2 rings (SSSR count). The van der Waals surface area contributed by atoms with Crippen molar-refractivity contribution in [1.29, 1.82) is 0 Å². The molecule has 0 bridgehead atoms. The zero-order valence-electron chi connectivity index (χ0n) is 10.4. The van der Waals surface area contributed by atoms with Crippen LogP contribution in [0, 0.1) is 0 Å². The van der Waals surface area contributed by atoms with Crippen molar-refractivity contribution in [1.82, 2.24) is 9.88 Å². The maximum Gasteiger partial charge on any atom is 0.222 e. The van der Waals surface area contributed by atoms with Gasteiger partial charge in [-0.05, 0) is 42.9 Å². The molecule has 1 aromatic heterocycles. The van der Waals surface area contributed by atoms with Gasteiger partial charge in [0.2, 0.25) is 5.91 Å². The van der Waals surface area contributed by atoms with Gasteiger partial charge in [0.05, 0.1) is 0 Å². The minimum atomic E-state index is 0.320. The van der Waals surface area contributed by atoms with Gasteiger partial charge in [-0.2, -0.15) is 0 Å². The number of carbonyl (C=O) groups is 1. The van der Waals surface area contributed by atoms with E-state index in [0.29, 0.717) is 18.2 Å². The average Bonchev–Trinajstić information content (AvgIpc) is 2.40. The highest BCUT2D eigenvalue weighted by Crippen LogP contribution is 2.27. The lowest BCUT2D eigenvalue weighted by atomic mass is 9.90. The van der Waals surface area contributed by atoms with Gasteiger partial charge >= 0.3 is 0 Å².